The highest BCUT2D eigenvalue weighted by Crippen LogP contribution is 2.38. The zero-order valence-electron chi connectivity index (χ0n) is 13.4. The number of hydrogen-bond acceptors (Lipinski definition) is 5. The van der Waals surface area contributed by atoms with Crippen molar-refractivity contribution in [2.45, 2.75) is 12.7 Å². The number of ether oxygens (including phenoxy) is 3. The van der Waals surface area contributed by atoms with E-state index in [0.717, 1.165) is 17.8 Å². The number of alkyl halides is 3. The zero-order chi connectivity index (χ0) is 17.7. The summed E-state index contributed by atoms with van der Waals surface area (Å²) < 4.78 is 53.2. The van der Waals surface area contributed by atoms with E-state index >= 15 is 0 Å². The van der Waals surface area contributed by atoms with E-state index in [1.54, 1.807) is 12.1 Å². The van der Waals surface area contributed by atoms with Crippen LogP contribution < -0.4 is 19.5 Å². The second-order valence-electron chi connectivity index (χ2n) is 4.82. The molecule has 0 aliphatic rings. The molecule has 1 N–H and O–H groups in total. The van der Waals surface area contributed by atoms with Crippen molar-refractivity contribution in [1.29, 1.82) is 0 Å². The van der Waals surface area contributed by atoms with E-state index in [2.05, 4.69) is 10.3 Å². The van der Waals surface area contributed by atoms with Crippen LogP contribution in [-0.4, -0.2) is 26.3 Å². The molecule has 24 heavy (non-hydrogen) atoms. The van der Waals surface area contributed by atoms with Gasteiger partial charge in [0, 0.05) is 6.54 Å². The van der Waals surface area contributed by atoms with E-state index in [1.807, 2.05) is 0 Å². The molecule has 0 aliphatic carbocycles. The van der Waals surface area contributed by atoms with Gasteiger partial charge in [-0.25, -0.2) is 4.98 Å². The van der Waals surface area contributed by atoms with Crippen LogP contribution in [0.25, 0.3) is 0 Å². The minimum absolute atomic E-state index is 0.351. The maximum Gasteiger partial charge on any atom is 0.433 e. The first-order chi connectivity index (χ1) is 11.4. The summed E-state index contributed by atoms with van der Waals surface area (Å²) in [5, 5.41) is 3.00. The summed E-state index contributed by atoms with van der Waals surface area (Å²) in [5.74, 6) is 1.47. The molecule has 0 amide bonds. The monoisotopic (exact) mass is 342 g/mol. The molecule has 0 aliphatic heterocycles. The molecule has 8 heteroatoms. The number of rotatable bonds is 6. The Bertz CT molecular complexity index is 663. The maximum absolute atomic E-state index is 12.5. The van der Waals surface area contributed by atoms with Gasteiger partial charge in [0.05, 0.1) is 33.2 Å². The fourth-order valence-corrected chi connectivity index (χ4v) is 2.11. The van der Waals surface area contributed by atoms with Gasteiger partial charge in [-0.2, -0.15) is 13.2 Å². The number of anilines is 1. The van der Waals surface area contributed by atoms with Crippen molar-refractivity contribution < 1.29 is 27.4 Å². The lowest BCUT2D eigenvalue weighted by atomic mass is 10.1. The molecular weight excluding hydrogens is 325 g/mol. The predicted molar refractivity (Wildman–Crippen MR) is 82.7 cm³/mol. The maximum atomic E-state index is 12.5. The third-order valence-electron chi connectivity index (χ3n) is 3.28. The molecule has 1 heterocycles. The van der Waals surface area contributed by atoms with Crippen molar-refractivity contribution in [2.24, 2.45) is 0 Å². The molecule has 1 aromatic heterocycles. The standard InChI is InChI=1S/C16H17F3N2O3/c1-22-12-6-10(7-13(23-2)15(12)24-3)8-20-11-4-5-14(21-9-11)16(17,18)19/h4-7,9,20H,8H2,1-3H3. The molecule has 0 atom stereocenters. The number of pyridine rings is 1. The van der Waals surface area contributed by atoms with Crippen LogP contribution in [0.1, 0.15) is 11.3 Å². The minimum Gasteiger partial charge on any atom is -0.493 e. The Morgan fingerprint density at radius 1 is 1.00 bits per heavy atom. The van der Waals surface area contributed by atoms with Gasteiger partial charge in [0.2, 0.25) is 5.75 Å². The van der Waals surface area contributed by atoms with E-state index in [-0.39, 0.29) is 0 Å². The SMILES string of the molecule is COc1cc(CNc2ccc(C(F)(F)F)nc2)cc(OC)c1OC. The Hall–Kier alpha value is -2.64. The van der Waals surface area contributed by atoms with Crippen molar-refractivity contribution in [3.63, 3.8) is 0 Å². The molecule has 2 rings (SSSR count). The number of hydrogen-bond donors (Lipinski definition) is 1. The Labute approximate surface area is 137 Å². The molecule has 5 nitrogen and oxygen atoms in total. The van der Waals surface area contributed by atoms with Gasteiger partial charge in [0.25, 0.3) is 0 Å². The highest BCUT2D eigenvalue weighted by molar-refractivity contribution is 5.54. The minimum atomic E-state index is -4.45. The number of halogens is 3. The Morgan fingerprint density at radius 3 is 2.04 bits per heavy atom. The van der Waals surface area contributed by atoms with Gasteiger partial charge in [-0.1, -0.05) is 0 Å². The van der Waals surface area contributed by atoms with Gasteiger partial charge in [0.1, 0.15) is 5.69 Å². The van der Waals surface area contributed by atoms with Gasteiger partial charge in [-0.05, 0) is 29.8 Å². The summed E-state index contributed by atoms with van der Waals surface area (Å²) in [6, 6.07) is 5.77. The van der Waals surface area contributed by atoms with Gasteiger partial charge >= 0.3 is 6.18 Å². The van der Waals surface area contributed by atoms with Gasteiger partial charge in [-0.3, -0.25) is 0 Å². The lowest BCUT2D eigenvalue weighted by molar-refractivity contribution is -0.141. The summed E-state index contributed by atoms with van der Waals surface area (Å²) in [4.78, 5) is 3.40. The molecule has 1 aromatic carbocycles. The summed E-state index contributed by atoms with van der Waals surface area (Å²) in [6.45, 7) is 0.351. The summed E-state index contributed by atoms with van der Waals surface area (Å²) in [6.07, 6.45) is -3.31. The molecule has 0 bridgehead atoms. The smallest absolute Gasteiger partial charge is 0.433 e. The zero-order valence-corrected chi connectivity index (χ0v) is 13.4. The van der Waals surface area contributed by atoms with Gasteiger partial charge < -0.3 is 19.5 Å². The van der Waals surface area contributed by atoms with E-state index < -0.39 is 11.9 Å². The molecule has 0 saturated carbocycles. The van der Waals surface area contributed by atoms with Crippen LogP contribution in [0.2, 0.25) is 0 Å². The van der Waals surface area contributed by atoms with E-state index in [4.69, 9.17) is 14.2 Å². The summed E-state index contributed by atoms with van der Waals surface area (Å²) in [5.41, 5.74) is 0.349. The highest BCUT2D eigenvalue weighted by Gasteiger charge is 2.31. The lowest BCUT2D eigenvalue weighted by Gasteiger charge is -2.15. The van der Waals surface area contributed by atoms with Crippen LogP contribution >= 0.6 is 0 Å². The summed E-state index contributed by atoms with van der Waals surface area (Å²) in [7, 11) is 4.52. The second-order valence-corrected chi connectivity index (χ2v) is 4.82. The van der Waals surface area contributed by atoms with Crippen molar-refractivity contribution >= 4 is 5.69 Å². The van der Waals surface area contributed by atoms with Crippen LogP contribution in [-0.2, 0) is 12.7 Å². The van der Waals surface area contributed by atoms with Crippen molar-refractivity contribution in [1.82, 2.24) is 4.98 Å². The van der Waals surface area contributed by atoms with Gasteiger partial charge in [-0.15, -0.1) is 0 Å². The fraction of sp³-hybridized carbons (Fsp3) is 0.312. The molecule has 0 saturated heterocycles. The average molecular weight is 342 g/mol. The number of nitrogens with zero attached hydrogens (tertiary/aromatic N) is 1. The van der Waals surface area contributed by atoms with Crippen LogP contribution in [0.3, 0.4) is 0 Å². The fourth-order valence-electron chi connectivity index (χ4n) is 2.11. The van der Waals surface area contributed by atoms with Gasteiger partial charge in [0.15, 0.2) is 11.5 Å². The number of methoxy groups -OCH3 is 3. The normalized spacial score (nSPS) is 11.1. The first kappa shape index (κ1) is 17.7. The van der Waals surface area contributed by atoms with Crippen LogP contribution in [0, 0.1) is 0 Å². The summed E-state index contributed by atoms with van der Waals surface area (Å²) >= 11 is 0. The number of benzene rings is 1. The molecule has 2 aromatic rings. The molecule has 0 radical (unpaired) electrons. The number of nitrogens with one attached hydrogen (secondary N) is 1. The average Bonchev–Trinajstić information content (AvgIpc) is 2.58. The van der Waals surface area contributed by atoms with E-state index in [9.17, 15) is 13.2 Å². The molecule has 0 unspecified atom stereocenters. The van der Waals surface area contributed by atoms with Crippen LogP contribution in [0.15, 0.2) is 30.5 Å². The quantitative estimate of drug-likeness (QED) is 0.867. The van der Waals surface area contributed by atoms with E-state index in [0.29, 0.717) is 29.5 Å². The molecular formula is C16H17F3N2O3. The van der Waals surface area contributed by atoms with Crippen molar-refractivity contribution in [3.05, 3.63) is 41.7 Å². The number of aromatic nitrogens is 1. The first-order valence-electron chi connectivity index (χ1n) is 6.95. The van der Waals surface area contributed by atoms with Crippen LogP contribution in [0.4, 0.5) is 18.9 Å². The predicted octanol–water partition coefficient (Wildman–Crippen LogP) is 3.74. The second kappa shape index (κ2) is 7.29. The molecule has 0 spiro atoms. The first-order valence-corrected chi connectivity index (χ1v) is 6.95. The third kappa shape index (κ3) is 4.01. The van der Waals surface area contributed by atoms with Crippen LogP contribution in [0.5, 0.6) is 17.2 Å². The molecule has 130 valence electrons. The van der Waals surface area contributed by atoms with Crippen molar-refractivity contribution in [3.8, 4) is 17.2 Å². The Morgan fingerprint density at radius 2 is 1.62 bits per heavy atom. The Kier molecular flexibility index (Phi) is 5.38. The van der Waals surface area contributed by atoms with E-state index in [1.165, 1.54) is 27.4 Å². The third-order valence-corrected chi connectivity index (χ3v) is 3.28. The van der Waals surface area contributed by atoms with Crippen molar-refractivity contribution in [2.75, 3.05) is 26.6 Å². The molecule has 0 fully saturated rings. The highest BCUT2D eigenvalue weighted by atomic mass is 19.4. The lowest BCUT2D eigenvalue weighted by Crippen LogP contribution is -2.08. The largest absolute Gasteiger partial charge is 0.493 e. The Balaban J connectivity index is 2.14. The topological polar surface area (TPSA) is 52.6 Å².